The first kappa shape index (κ1) is 26.0. The molecule has 1 aromatic heterocycles. The van der Waals surface area contributed by atoms with E-state index in [-0.39, 0.29) is 11.9 Å². The standard InChI is InChI=1S/C31H33N5O3/c1-22(23-9-5-4-6-10-23)33-31(37)26-21-32-29(24-13-15-25(38-2)16-14-24)34-30(26)36-19-17-35(18-20-36)27-11-7-8-12-28(27)39-3/h4-16,21-22H,17-20H2,1-3H3,(H,33,37). The highest BCUT2D eigenvalue weighted by atomic mass is 16.5. The molecule has 8 nitrogen and oxygen atoms in total. The second-order valence-corrected chi connectivity index (χ2v) is 9.41. The molecular formula is C31H33N5O3. The molecule has 5 rings (SSSR count). The third-order valence-corrected chi connectivity index (χ3v) is 7.01. The Labute approximate surface area is 229 Å². The molecule has 200 valence electrons. The number of benzene rings is 3. The second-order valence-electron chi connectivity index (χ2n) is 9.41. The molecule has 0 spiro atoms. The van der Waals surface area contributed by atoms with Crippen LogP contribution in [0.2, 0.25) is 0 Å². The zero-order valence-corrected chi connectivity index (χ0v) is 22.5. The van der Waals surface area contributed by atoms with Gasteiger partial charge in [-0.2, -0.15) is 0 Å². The molecule has 2 heterocycles. The number of methoxy groups -OCH3 is 2. The number of amides is 1. The van der Waals surface area contributed by atoms with Crippen LogP contribution in [0.15, 0.2) is 85.1 Å². The fourth-order valence-corrected chi connectivity index (χ4v) is 4.80. The lowest BCUT2D eigenvalue weighted by molar-refractivity contribution is 0.0939. The first-order valence-electron chi connectivity index (χ1n) is 13.1. The van der Waals surface area contributed by atoms with E-state index >= 15 is 0 Å². The fourth-order valence-electron chi connectivity index (χ4n) is 4.80. The Hall–Kier alpha value is -4.59. The Morgan fingerprint density at radius 3 is 2.21 bits per heavy atom. The molecule has 1 atom stereocenters. The highest BCUT2D eigenvalue weighted by molar-refractivity contribution is 5.99. The minimum Gasteiger partial charge on any atom is -0.497 e. The fraction of sp³-hybridized carbons (Fsp3) is 0.258. The topological polar surface area (TPSA) is 79.8 Å². The van der Waals surface area contributed by atoms with E-state index in [1.807, 2.05) is 79.7 Å². The largest absolute Gasteiger partial charge is 0.497 e. The van der Waals surface area contributed by atoms with Crippen LogP contribution in [-0.4, -0.2) is 56.3 Å². The molecule has 1 unspecified atom stereocenters. The van der Waals surface area contributed by atoms with Crippen molar-refractivity contribution in [3.05, 3.63) is 96.2 Å². The van der Waals surface area contributed by atoms with Gasteiger partial charge in [0.05, 0.1) is 25.9 Å². The van der Waals surface area contributed by atoms with Crippen LogP contribution in [-0.2, 0) is 0 Å². The summed E-state index contributed by atoms with van der Waals surface area (Å²) >= 11 is 0. The highest BCUT2D eigenvalue weighted by Crippen LogP contribution is 2.30. The van der Waals surface area contributed by atoms with E-state index in [4.69, 9.17) is 14.5 Å². The van der Waals surface area contributed by atoms with Crippen LogP contribution < -0.4 is 24.6 Å². The molecule has 39 heavy (non-hydrogen) atoms. The van der Waals surface area contributed by atoms with Crippen molar-refractivity contribution >= 4 is 17.4 Å². The van der Waals surface area contributed by atoms with Gasteiger partial charge in [0.2, 0.25) is 0 Å². The average molecular weight is 524 g/mol. The van der Waals surface area contributed by atoms with Crippen molar-refractivity contribution in [3.63, 3.8) is 0 Å². The van der Waals surface area contributed by atoms with Gasteiger partial charge in [-0.1, -0.05) is 42.5 Å². The molecule has 3 aromatic carbocycles. The predicted octanol–water partition coefficient (Wildman–Crippen LogP) is 4.98. The van der Waals surface area contributed by atoms with Gasteiger partial charge in [0, 0.05) is 37.9 Å². The average Bonchev–Trinajstić information content (AvgIpc) is 3.01. The molecule has 1 amide bonds. The summed E-state index contributed by atoms with van der Waals surface area (Å²) < 4.78 is 10.9. The van der Waals surface area contributed by atoms with Crippen LogP contribution in [0.25, 0.3) is 11.4 Å². The number of nitrogens with zero attached hydrogens (tertiary/aromatic N) is 4. The van der Waals surface area contributed by atoms with Gasteiger partial charge in [-0.05, 0) is 48.9 Å². The van der Waals surface area contributed by atoms with Crippen molar-refractivity contribution in [1.29, 1.82) is 0 Å². The summed E-state index contributed by atoms with van der Waals surface area (Å²) in [5, 5.41) is 3.13. The van der Waals surface area contributed by atoms with Crippen molar-refractivity contribution in [2.24, 2.45) is 0 Å². The molecule has 1 fully saturated rings. The molecule has 1 N–H and O–H groups in total. The Morgan fingerprint density at radius 1 is 0.846 bits per heavy atom. The van der Waals surface area contributed by atoms with Gasteiger partial charge in [-0.25, -0.2) is 9.97 Å². The summed E-state index contributed by atoms with van der Waals surface area (Å²) in [6, 6.07) is 25.4. The summed E-state index contributed by atoms with van der Waals surface area (Å²) in [5.41, 5.74) is 3.42. The van der Waals surface area contributed by atoms with E-state index in [1.165, 1.54) is 0 Å². The number of ether oxygens (including phenoxy) is 2. The van der Waals surface area contributed by atoms with E-state index in [2.05, 4.69) is 26.2 Å². The number of aromatic nitrogens is 2. The SMILES string of the molecule is COc1ccc(-c2ncc(C(=O)NC(C)c3ccccc3)c(N3CCN(c4ccccc4OC)CC3)n2)cc1. The Bertz CT molecular complexity index is 1400. The molecule has 1 saturated heterocycles. The first-order chi connectivity index (χ1) is 19.1. The predicted molar refractivity (Wildman–Crippen MR) is 154 cm³/mol. The first-order valence-corrected chi connectivity index (χ1v) is 13.1. The number of anilines is 2. The molecule has 0 bridgehead atoms. The van der Waals surface area contributed by atoms with Crippen LogP contribution in [0.3, 0.4) is 0 Å². The third-order valence-electron chi connectivity index (χ3n) is 7.01. The molecule has 0 radical (unpaired) electrons. The maximum atomic E-state index is 13.5. The highest BCUT2D eigenvalue weighted by Gasteiger charge is 2.26. The molecule has 0 aliphatic carbocycles. The quantitative estimate of drug-likeness (QED) is 0.349. The number of piperazine rings is 1. The summed E-state index contributed by atoms with van der Waals surface area (Å²) in [6.07, 6.45) is 1.64. The van der Waals surface area contributed by atoms with Crippen LogP contribution in [0.4, 0.5) is 11.5 Å². The van der Waals surface area contributed by atoms with Crippen molar-refractivity contribution in [2.75, 3.05) is 50.2 Å². The lowest BCUT2D eigenvalue weighted by Gasteiger charge is -2.37. The van der Waals surface area contributed by atoms with Gasteiger partial charge < -0.3 is 24.6 Å². The smallest absolute Gasteiger partial charge is 0.257 e. The number of carbonyl (C=O) groups excluding carboxylic acids is 1. The molecule has 8 heteroatoms. The van der Waals surface area contributed by atoms with E-state index in [0.29, 0.717) is 30.3 Å². The van der Waals surface area contributed by atoms with E-state index < -0.39 is 0 Å². The van der Waals surface area contributed by atoms with Crippen LogP contribution in [0.1, 0.15) is 28.9 Å². The summed E-state index contributed by atoms with van der Waals surface area (Å²) in [6.45, 7) is 4.91. The Morgan fingerprint density at radius 2 is 1.51 bits per heavy atom. The monoisotopic (exact) mass is 523 g/mol. The van der Waals surface area contributed by atoms with Crippen LogP contribution in [0, 0.1) is 0 Å². The second kappa shape index (κ2) is 11.9. The minimum absolute atomic E-state index is 0.157. The molecule has 0 saturated carbocycles. The minimum atomic E-state index is -0.199. The van der Waals surface area contributed by atoms with Gasteiger partial charge in [0.25, 0.3) is 5.91 Å². The van der Waals surface area contributed by atoms with E-state index in [1.54, 1.807) is 20.4 Å². The van der Waals surface area contributed by atoms with Gasteiger partial charge >= 0.3 is 0 Å². The lowest BCUT2D eigenvalue weighted by atomic mass is 10.1. The normalized spacial score (nSPS) is 14.0. The van der Waals surface area contributed by atoms with Crippen LogP contribution >= 0.6 is 0 Å². The maximum absolute atomic E-state index is 13.5. The van der Waals surface area contributed by atoms with E-state index in [9.17, 15) is 4.79 Å². The number of carbonyl (C=O) groups is 1. The van der Waals surface area contributed by atoms with Crippen molar-refractivity contribution in [1.82, 2.24) is 15.3 Å². The maximum Gasteiger partial charge on any atom is 0.257 e. The molecule has 1 aliphatic rings. The lowest BCUT2D eigenvalue weighted by Crippen LogP contribution is -2.47. The van der Waals surface area contributed by atoms with Crippen LogP contribution in [0.5, 0.6) is 11.5 Å². The van der Waals surface area contributed by atoms with Crippen molar-refractivity contribution in [3.8, 4) is 22.9 Å². The number of hydrogen-bond donors (Lipinski definition) is 1. The van der Waals surface area contributed by atoms with Gasteiger partial charge in [-0.3, -0.25) is 4.79 Å². The number of para-hydroxylation sites is 2. The van der Waals surface area contributed by atoms with E-state index in [0.717, 1.165) is 41.4 Å². The Balaban J connectivity index is 1.42. The van der Waals surface area contributed by atoms with Gasteiger partial charge in [0.1, 0.15) is 22.9 Å². The molecule has 4 aromatic rings. The number of rotatable bonds is 8. The van der Waals surface area contributed by atoms with Crippen molar-refractivity contribution in [2.45, 2.75) is 13.0 Å². The zero-order valence-electron chi connectivity index (χ0n) is 22.5. The number of nitrogens with one attached hydrogen (secondary N) is 1. The Kier molecular flexibility index (Phi) is 7.91. The third kappa shape index (κ3) is 5.80. The summed E-state index contributed by atoms with van der Waals surface area (Å²) in [7, 11) is 3.33. The van der Waals surface area contributed by atoms with Crippen molar-refractivity contribution < 1.29 is 14.3 Å². The van der Waals surface area contributed by atoms with Gasteiger partial charge in [-0.15, -0.1) is 0 Å². The van der Waals surface area contributed by atoms with Gasteiger partial charge in [0.15, 0.2) is 5.82 Å². The number of hydrogen-bond acceptors (Lipinski definition) is 7. The summed E-state index contributed by atoms with van der Waals surface area (Å²) in [5.74, 6) is 2.61. The zero-order chi connectivity index (χ0) is 27.2. The molecule has 1 aliphatic heterocycles. The summed E-state index contributed by atoms with van der Waals surface area (Å²) in [4.78, 5) is 27.5. The molecular weight excluding hydrogens is 490 g/mol.